The summed E-state index contributed by atoms with van der Waals surface area (Å²) in [5, 5.41) is 17.6. The lowest BCUT2D eigenvalue weighted by Gasteiger charge is -2.41. The molecular weight excluding hydrogens is 342 g/mol. The standard InChI is InChI=1S/C18H39NO5S/c1-3-4-5-6-7-8-9-10-11-12-13-19(14-16-20,15-17-21)18(2)25(22,23)24/h18,20-21H,3-17H2,1-2H3/p+1. The third-order valence-electron chi connectivity index (χ3n) is 5.25. The van der Waals surface area contributed by atoms with Gasteiger partial charge in [0.15, 0.2) is 0 Å². The van der Waals surface area contributed by atoms with Crippen LogP contribution in [0.25, 0.3) is 0 Å². The molecule has 0 aromatic heterocycles. The normalized spacial score (nSPS) is 14.0. The van der Waals surface area contributed by atoms with Crippen LogP contribution in [0.5, 0.6) is 0 Å². The first-order valence-electron chi connectivity index (χ1n) is 9.88. The summed E-state index contributed by atoms with van der Waals surface area (Å²) in [4.78, 5) is 0. The first kappa shape index (κ1) is 24.8. The maximum atomic E-state index is 11.6. The van der Waals surface area contributed by atoms with Crippen LogP contribution < -0.4 is 0 Å². The average Bonchev–Trinajstić information content (AvgIpc) is 2.55. The molecule has 1 unspecified atom stereocenters. The van der Waals surface area contributed by atoms with E-state index in [0.29, 0.717) is 6.54 Å². The number of hydrogen-bond donors (Lipinski definition) is 3. The molecule has 1 atom stereocenters. The van der Waals surface area contributed by atoms with Crippen molar-refractivity contribution in [3.8, 4) is 0 Å². The Bertz CT molecular complexity index is 408. The minimum atomic E-state index is -4.22. The summed E-state index contributed by atoms with van der Waals surface area (Å²) in [6, 6.07) is 0. The highest BCUT2D eigenvalue weighted by Gasteiger charge is 2.40. The van der Waals surface area contributed by atoms with Crippen molar-refractivity contribution in [2.75, 3.05) is 32.8 Å². The molecule has 7 heteroatoms. The van der Waals surface area contributed by atoms with E-state index in [1.165, 1.54) is 51.9 Å². The second-order valence-electron chi connectivity index (χ2n) is 7.13. The fourth-order valence-corrected chi connectivity index (χ4v) is 4.36. The predicted octanol–water partition coefficient (Wildman–Crippen LogP) is 2.94. The van der Waals surface area contributed by atoms with Gasteiger partial charge in [-0.3, -0.25) is 4.55 Å². The van der Waals surface area contributed by atoms with E-state index >= 15 is 0 Å². The van der Waals surface area contributed by atoms with Crippen molar-refractivity contribution in [1.82, 2.24) is 0 Å². The number of nitrogens with zero attached hydrogens (tertiary/aromatic N) is 1. The molecule has 0 spiro atoms. The van der Waals surface area contributed by atoms with Crippen LogP contribution in [0.2, 0.25) is 0 Å². The molecule has 0 aliphatic carbocycles. The molecule has 0 radical (unpaired) electrons. The number of rotatable bonds is 17. The Hall–Kier alpha value is -0.210. The summed E-state index contributed by atoms with van der Waals surface area (Å²) in [6.07, 6.45) is 11.9. The summed E-state index contributed by atoms with van der Waals surface area (Å²) in [5.74, 6) is 0. The van der Waals surface area contributed by atoms with Crippen LogP contribution >= 0.6 is 0 Å². The second-order valence-corrected chi connectivity index (χ2v) is 8.85. The van der Waals surface area contributed by atoms with Gasteiger partial charge in [-0.2, -0.15) is 8.42 Å². The maximum absolute atomic E-state index is 11.6. The topological polar surface area (TPSA) is 94.8 Å². The molecule has 152 valence electrons. The Morgan fingerprint density at radius 3 is 1.52 bits per heavy atom. The number of aliphatic hydroxyl groups is 2. The van der Waals surface area contributed by atoms with E-state index in [9.17, 15) is 23.2 Å². The van der Waals surface area contributed by atoms with Gasteiger partial charge in [0.1, 0.15) is 13.1 Å². The van der Waals surface area contributed by atoms with E-state index in [1.54, 1.807) is 0 Å². The quantitative estimate of drug-likeness (QED) is 0.204. The Labute approximate surface area is 154 Å². The Kier molecular flexibility index (Phi) is 13.8. The fraction of sp³-hybridized carbons (Fsp3) is 1.00. The molecule has 0 rings (SSSR count). The molecule has 25 heavy (non-hydrogen) atoms. The van der Waals surface area contributed by atoms with Crippen molar-refractivity contribution in [1.29, 1.82) is 0 Å². The smallest absolute Gasteiger partial charge is 0.319 e. The molecule has 0 saturated heterocycles. The lowest BCUT2D eigenvalue weighted by atomic mass is 10.1. The van der Waals surface area contributed by atoms with Crippen LogP contribution in [0.15, 0.2) is 0 Å². The monoisotopic (exact) mass is 382 g/mol. The zero-order chi connectivity index (χ0) is 19.2. The molecular formula is C18H40NO5S+. The van der Waals surface area contributed by atoms with E-state index in [0.717, 1.165) is 19.3 Å². The molecule has 0 aliphatic rings. The summed E-state index contributed by atoms with van der Waals surface area (Å²) in [7, 11) is -4.22. The van der Waals surface area contributed by atoms with Gasteiger partial charge in [0.25, 0.3) is 0 Å². The van der Waals surface area contributed by atoms with E-state index in [1.807, 2.05) is 0 Å². The van der Waals surface area contributed by atoms with Gasteiger partial charge >= 0.3 is 10.1 Å². The molecule has 0 saturated carbocycles. The molecule has 0 aliphatic heterocycles. The highest BCUT2D eigenvalue weighted by molar-refractivity contribution is 7.86. The van der Waals surface area contributed by atoms with E-state index < -0.39 is 15.5 Å². The number of unbranched alkanes of at least 4 members (excludes halogenated alkanes) is 9. The summed E-state index contributed by atoms with van der Waals surface area (Å²) < 4.78 is 32.6. The first-order valence-corrected chi connectivity index (χ1v) is 11.4. The highest BCUT2D eigenvalue weighted by Crippen LogP contribution is 2.20. The van der Waals surface area contributed by atoms with Crippen LogP contribution in [0.3, 0.4) is 0 Å². The SMILES string of the molecule is CCCCCCCCCCCC[N+](CCO)(CCO)C(C)S(=O)(=O)O. The molecule has 0 fully saturated rings. The summed E-state index contributed by atoms with van der Waals surface area (Å²) in [6.45, 7) is 4.32. The number of quaternary nitrogens is 1. The van der Waals surface area contributed by atoms with Crippen molar-refractivity contribution in [3.63, 3.8) is 0 Å². The first-order chi connectivity index (χ1) is 11.8. The fourth-order valence-electron chi connectivity index (χ4n) is 3.48. The summed E-state index contributed by atoms with van der Waals surface area (Å²) in [5.41, 5.74) is 0. The largest absolute Gasteiger partial charge is 0.391 e. The second kappa shape index (κ2) is 13.9. The van der Waals surface area contributed by atoms with Gasteiger partial charge < -0.3 is 14.7 Å². The van der Waals surface area contributed by atoms with Gasteiger partial charge in [0, 0.05) is 6.92 Å². The zero-order valence-electron chi connectivity index (χ0n) is 16.2. The third kappa shape index (κ3) is 10.5. The van der Waals surface area contributed by atoms with E-state index in [2.05, 4.69) is 6.92 Å². The van der Waals surface area contributed by atoms with Crippen LogP contribution in [0, 0.1) is 0 Å². The van der Waals surface area contributed by atoms with E-state index in [-0.39, 0.29) is 30.8 Å². The van der Waals surface area contributed by atoms with Gasteiger partial charge in [-0.25, -0.2) is 0 Å². The molecule has 0 aromatic carbocycles. The molecule has 6 nitrogen and oxygen atoms in total. The minimum absolute atomic E-state index is 0.0167. The van der Waals surface area contributed by atoms with Crippen molar-refractivity contribution in [2.45, 2.75) is 83.4 Å². The van der Waals surface area contributed by atoms with Crippen LogP contribution in [-0.2, 0) is 10.1 Å². The molecule has 0 heterocycles. The zero-order valence-corrected chi connectivity index (χ0v) is 17.0. The molecule has 3 N–H and O–H groups in total. The van der Waals surface area contributed by atoms with Crippen molar-refractivity contribution >= 4 is 10.1 Å². The average molecular weight is 383 g/mol. The number of hydrogen-bond acceptors (Lipinski definition) is 4. The Morgan fingerprint density at radius 1 is 0.760 bits per heavy atom. The number of aliphatic hydroxyl groups excluding tert-OH is 2. The Balaban J connectivity index is 4.27. The van der Waals surface area contributed by atoms with Gasteiger partial charge in [-0.1, -0.05) is 58.3 Å². The lowest BCUT2D eigenvalue weighted by molar-refractivity contribution is -0.937. The molecule has 0 bridgehead atoms. The van der Waals surface area contributed by atoms with Gasteiger partial charge in [-0.05, 0) is 12.8 Å². The molecule has 0 amide bonds. The van der Waals surface area contributed by atoms with Gasteiger partial charge in [-0.15, -0.1) is 0 Å². The highest BCUT2D eigenvalue weighted by atomic mass is 32.2. The summed E-state index contributed by atoms with van der Waals surface area (Å²) >= 11 is 0. The van der Waals surface area contributed by atoms with Gasteiger partial charge in [0.05, 0.1) is 19.8 Å². The van der Waals surface area contributed by atoms with Gasteiger partial charge in [0.2, 0.25) is 5.37 Å². The van der Waals surface area contributed by atoms with Crippen molar-refractivity contribution in [3.05, 3.63) is 0 Å². The predicted molar refractivity (Wildman–Crippen MR) is 102 cm³/mol. The minimum Gasteiger partial charge on any atom is -0.391 e. The van der Waals surface area contributed by atoms with Crippen LogP contribution in [-0.4, -0.2) is 65.9 Å². The van der Waals surface area contributed by atoms with Crippen LogP contribution in [0.4, 0.5) is 0 Å². The van der Waals surface area contributed by atoms with Crippen molar-refractivity contribution < 1.29 is 27.7 Å². The third-order valence-corrected chi connectivity index (χ3v) is 6.56. The maximum Gasteiger partial charge on any atom is 0.319 e. The molecule has 0 aromatic rings. The van der Waals surface area contributed by atoms with Crippen LogP contribution in [0.1, 0.15) is 78.1 Å². The van der Waals surface area contributed by atoms with Crippen molar-refractivity contribution in [2.24, 2.45) is 0 Å². The van der Waals surface area contributed by atoms with E-state index in [4.69, 9.17) is 0 Å². The Morgan fingerprint density at radius 2 is 1.16 bits per heavy atom. The lowest BCUT2D eigenvalue weighted by Crippen LogP contribution is -2.60.